The number of carbonyl (C=O) groups is 1. The lowest BCUT2D eigenvalue weighted by Crippen LogP contribution is -2.48. The van der Waals surface area contributed by atoms with E-state index in [1.165, 1.54) is 18.4 Å². The van der Waals surface area contributed by atoms with E-state index in [1.807, 2.05) is 12.1 Å². The molecule has 2 heterocycles. The molecule has 1 N–H and O–H groups in total. The van der Waals surface area contributed by atoms with Crippen molar-refractivity contribution in [3.8, 4) is 17.1 Å². The maximum Gasteiger partial charge on any atom is 0.281 e. The number of ether oxygens (including phenoxy) is 1. The third-order valence-electron chi connectivity index (χ3n) is 4.77. The highest BCUT2D eigenvalue weighted by molar-refractivity contribution is 7.86. The predicted molar refractivity (Wildman–Crippen MR) is 105 cm³/mol. The summed E-state index contributed by atoms with van der Waals surface area (Å²) in [6.45, 7) is 0.658. The van der Waals surface area contributed by atoms with Crippen LogP contribution in [-0.2, 0) is 21.5 Å². The van der Waals surface area contributed by atoms with Gasteiger partial charge in [-0.25, -0.2) is 0 Å². The Kier molecular flexibility index (Phi) is 6.50. The molecule has 1 amide bonds. The number of rotatable bonds is 7. The molecule has 2 aromatic rings. The van der Waals surface area contributed by atoms with Crippen LogP contribution in [0.3, 0.4) is 0 Å². The molecule has 1 aromatic carbocycles. The Hall–Kier alpha value is -2.50. The summed E-state index contributed by atoms with van der Waals surface area (Å²) in [5.74, 6) is 0.772. The zero-order chi connectivity index (χ0) is 21.0. The Morgan fingerprint density at radius 2 is 2.07 bits per heavy atom. The average molecular weight is 423 g/mol. The van der Waals surface area contributed by atoms with Gasteiger partial charge in [0.1, 0.15) is 5.75 Å². The summed E-state index contributed by atoms with van der Waals surface area (Å²) in [7, 11) is 1.02. The van der Waals surface area contributed by atoms with Crippen molar-refractivity contribution < 1.29 is 22.5 Å². The number of hydrogen-bond donors (Lipinski definition) is 1. The van der Waals surface area contributed by atoms with Crippen LogP contribution in [-0.4, -0.2) is 67.4 Å². The van der Waals surface area contributed by atoms with E-state index >= 15 is 0 Å². The molecule has 0 aliphatic carbocycles. The predicted octanol–water partition coefficient (Wildman–Crippen LogP) is 0.880. The zero-order valence-corrected chi connectivity index (χ0v) is 17.5. The number of nitrogens with one attached hydrogen (secondary N) is 1. The Balaban J connectivity index is 1.57. The lowest BCUT2D eigenvalue weighted by Gasteiger charge is -2.32. The molecule has 3 rings (SSSR count). The third kappa shape index (κ3) is 4.92. The number of hydrogen-bond acceptors (Lipinski definition) is 7. The quantitative estimate of drug-likeness (QED) is 0.702. The minimum atomic E-state index is -3.53. The maximum absolute atomic E-state index is 12.5. The van der Waals surface area contributed by atoms with Crippen LogP contribution in [0.15, 0.2) is 28.8 Å². The van der Waals surface area contributed by atoms with Gasteiger partial charge in [0.25, 0.3) is 10.2 Å². The molecule has 0 spiro atoms. The second kappa shape index (κ2) is 8.89. The van der Waals surface area contributed by atoms with Gasteiger partial charge >= 0.3 is 0 Å². The van der Waals surface area contributed by atoms with Gasteiger partial charge in [-0.1, -0.05) is 5.16 Å². The van der Waals surface area contributed by atoms with Crippen molar-refractivity contribution >= 4 is 16.1 Å². The van der Waals surface area contributed by atoms with E-state index < -0.39 is 16.1 Å². The molecule has 1 saturated heterocycles. The van der Waals surface area contributed by atoms with Gasteiger partial charge in [-0.3, -0.25) is 4.79 Å². The standard InChI is InChI=1S/C18H25N5O5S/c1-22(2)29(25,26)23-10-4-5-14(12-23)18(24)19-11-16-20-17(21-28-16)13-6-8-15(27-3)9-7-13/h6-9,14H,4-5,10-12H2,1-3H3,(H,19,24). The minimum absolute atomic E-state index is 0.0823. The fraction of sp³-hybridized carbons (Fsp3) is 0.500. The number of carbonyl (C=O) groups excluding carboxylic acids is 1. The van der Waals surface area contributed by atoms with Gasteiger partial charge in [0, 0.05) is 32.7 Å². The van der Waals surface area contributed by atoms with Crippen LogP contribution in [0.4, 0.5) is 0 Å². The van der Waals surface area contributed by atoms with Crippen molar-refractivity contribution in [2.75, 3.05) is 34.3 Å². The fourth-order valence-corrected chi connectivity index (χ4v) is 4.28. The Labute approximate surface area is 170 Å². The first-order valence-electron chi connectivity index (χ1n) is 9.23. The van der Waals surface area contributed by atoms with Gasteiger partial charge in [0.2, 0.25) is 17.6 Å². The zero-order valence-electron chi connectivity index (χ0n) is 16.7. The molecular formula is C18H25N5O5S. The Bertz CT molecular complexity index is 942. The van der Waals surface area contributed by atoms with Crippen molar-refractivity contribution in [1.29, 1.82) is 0 Å². The lowest BCUT2D eigenvalue weighted by molar-refractivity contribution is -0.126. The molecule has 158 valence electrons. The molecule has 1 atom stereocenters. The Morgan fingerprint density at radius 1 is 1.34 bits per heavy atom. The molecule has 29 heavy (non-hydrogen) atoms. The molecule has 1 aliphatic rings. The molecule has 11 heteroatoms. The number of aromatic nitrogens is 2. The number of piperidine rings is 1. The molecule has 10 nitrogen and oxygen atoms in total. The van der Waals surface area contributed by atoms with Crippen LogP contribution in [0, 0.1) is 5.92 Å². The summed E-state index contributed by atoms with van der Waals surface area (Å²) in [5, 5.41) is 6.69. The summed E-state index contributed by atoms with van der Waals surface area (Å²) in [6.07, 6.45) is 1.26. The minimum Gasteiger partial charge on any atom is -0.497 e. The van der Waals surface area contributed by atoms with E-state index in [-0.39, 0.29) is 24.9 Å². The van der Waals surface area contributed by atoms with Crippen molar-refractivity contribution in [2.45, 2.75) is 19.4 Å². The highest BCUT2D eigenvalue weighted by atomic mass is 32.2. The summed E-state index contributed by atoms with van der Waals surface area (Å²) in [6, 6.07) is 7.22. The van der Waals surface area contributed by atoms with Gasteiger partial charge < -0.3 is 14.6 Å². The van der Waals surface area contributed by atoms with E-state index in [0.717, 1.165) is 15.6 Å². The summed E-state index contributed by atoms with van der Waals surface area (Å²) in [4.78, 5) is 16.8. The van der Waals surface area contributed by atoms with E-state index in [9.17, 15) is 13.2 Å². The molecule has 1 aromatic heterocycles. The van der Waals surface area contributed by atoms with Gasteiger partial charge in [-0.2, -0.15) is 22.0 Å². The van der Waals surface area contributed by atoms with Gasteiger partial charge in [0.15, 0.2) is 0 Å². The average Bonchev–Trinajstić information content (AvgIpc) is 3.21. The van der Waals surface area contributed by atoms with E-state index in [1.54, 1.807) is 19.2 Å². The topological polar surface area (TPSA) is 118 Å². The van der Waals surface area contributed by atoms with Crippen molar-refractivity contribution in [3.05, 3.63) is 30.2 Å². The molecule has 0 saturated carbocycles. The number of methoxy groups -OCH3 is 1. The monoisotopic (exact) mass is 423 g/mol. The summed E-state index contributed by atoms with van der Waals surface area (Å²) in [5.41, 5.74) is 0.768. The number of amides is 1. The largest absolute Gasteiger partial charge is 0.497 e. The molecule has 0 bridgehead atoms. The summed E-state index contributed by atoms with van der Waals surface area (Å²) >= 11 is 0. The van der Waals surface area contributed by atoms with Crippen LogP contribution < -0.4 is 10.1 Å². The molecule has 1 fully saturated rings. The van der Waals surface area contributed by atoms with Crippen LogP contribution in [0.2, 0.25) is 0 Å². The second-order valence-electron chi connectivity index (χ2n) is 6.95. The van der Waals surface area contributed by atoms with Gasteiger partial charge in [-0.15, -0.1) is 0 Å². The SMILES string of the molecule is COc1ccc(-c2noc(CNC(=O)C3CCCN(S(=O)(=O)N(C)C)C3)n2)cc1. The normalized spacial score (nSPS) is 18.0. The third-order valence-corrected chi connectivity index (χ3v) is 6.68. The molecule has 1 aliphatic heterocycles. The van der Waals surface area contributed by atoms with Crippen molar-refractivity contribution in [3.63, 3.8) is 0 Å². The molecule has 0 radical (unpaired) electrons. The first kappa shape index (κ1) is 21.2. The summed E-state index contributed by atoms with van der Waals surface area (Å²) < 4.78 is 37.4. The van der Waals surface area contributed by atoms with Crippen molar-refractivity contribution in [1.82, 2.24) is 24.1 Å². The van der Waals surface area contributed by atoms with E-state index in [4.69, 9.17) is 9.26 Å². The number of nitrogens with zero attached hydrogens (tertiary/aromatic N) is 4. The lowest BCUT2D eigenvalue weighted by atomic mass is 9.99. The van der Waals surface area contributed by atoms with E-state index in [2.05, 4.69) is 15.5 Å². The number of benzene rings is 1. The smallest absolute Gasteiger partial charge is 0.281 e. The first-order chi connectivity index (χ1) is 13.8. The highest BCUT2D eigenvalue weighted by Crippen LogP contribution is 2.21. The fourth-order valence-electron chi connectivity index (χ4n) is 3.09. The van der Waals surface area contributed by atoms with Crippen LogP contribution in [0.5, 0.6) is 5.75 Å². The van der Waals surface area contributed by atoms with Crippen LogP contribution in [0.1, 0.15) is 18.7 Å². The second-order valence-corrected chi connectivity index (χ2v) is 9.09. The first-order valence-corrected chi connectivity index (χ1v) is 10.6. The maximum atomic E-state index is 12.5. The highest BCUT2D eigenvalue weighted by Gasteiger charge is 2.33. The van der Waals surface area contributed by atoms with Crippen LogP contribution in [0.25, 0.3) is 11.4 Å². The van der Waals surface area contributed by atoms with Gasteiger partial charge in [0.05, 0.1) is 19.6 Å². The van der Waals surface area contributed by atoms with Gasteiger partial charge in [-0.05, 0) is 37.1 Å². The van der Waals surface area contributed by atoms with E-state index in [0.29, 0.717) is 25.2 Å². The van der Waals surface area contributed by atoms with Crippen LogP contribution >= 0.6 is 0 Å². The molecule has 1 unspecified atom stereocenters. The molecular weight excluding hydrogens is 398 g/mol. The van der Waals surface area contributed by atoms with Crippen molar-refractivity contribution in [2.24, 2.45) is 5.92 Å². The Morgan fingerprint density at radius 3 is 2.72 bits per heavy atom.